The van der Waals surface area contributed by atoms with E-state index in [9.17, 15) is 14.4 Å². The summed E-state index contributed by atoms with van der Waals surface area (Å²) in [5.74, 6) is -0.844. The second-order valence-corrected chi connectivity index (χ2v) is 17.5. The summed E-state index contributed by atoms with van der Waals surface area (Å²) >= 11 is 0. The smallest absolute Gasteiger partial charge is 0.306 e. The molecule has 0 radical (unpaired) electrons. The Balaban J connectivity index is 4.25. The number of hydrogen-bond donors (Lipinski definition) is 0. The number of carbonyl (C=O) groups excluding carboxylic acids is 3. The Kier molecular flexibility index (Phi) is 45.8. The van der Waals surface area contributed by atoms with Crippen LogP contribution in [-0.2, 0) is 28.6 Å². The van der Waals surface area contributed by atoms with Gasteiger partial charge in [-0.05, 0) is 19.3 Å². The van der Waals surface area contributed by atoms with E-state index in [0.717, 1.165) is 57.8 Å². The fourth-order valence-electron chi connectivity index (χ4n) is 7.74. The van der Waals surface area contributed by atoms with E-state index in [1.54, 1.807) is 0 Å². The van der Waals surface area contributed by atoms with Crippen LogP contribution in [0, 0.1) is 0 Å². The Bertz CT molecular complexity index is 844. The topological polar surface area (TPSA) is 78.9 Å². The first-order valence-corrected chi connectivity index (χ1v) is 25.5. The molecule has 0 aliphatic carbocycles. The Morgan fingerprint density at radius 1 is 0.281 bits per heavy atom. The normalized spacial score (nSPS) is 11.8. The molecule has 6 nitrogen and oxygen atoms in total. The van der Waals surface area contributed by atoms with E-state index < -0.39 is 6.10 Å². The van der Waals surface area contributed by atoms with Gasteiger partial charge < -0.3 is 14.2 Å². The van der Waals surface area contributed by atoms with Gasteiger partial charge in [-0.1, -0.05) is 252 Å². The highest BCUT2D eigenvalue weighted by atomic mass is 16.6. The molecule has 6 heteroatoms. The number of ether oxygens (including phenoxy) is 3. The number of rotatable bonds is 47. The van der Waals surface area contributed by atoms with Gasteiger partial charge in [0.15, 0.2) is 6.10 Å². The van der Waals surface area contributed by atoms with E-state index in [2.05, 4.69) is 20.8 Å². The summed E-state index contributed by atoms with van der Waals surface area (Å²) in [4.78, 5) is 37.8. The summed E-state index contributed by atoms with van der Waals surface area (Å²) < 4.78 is 16.8. The van der Waals surface area contributed by atoms with Crippen LogP contribution in [0.25, 0.3) is 0 Å². The molecule has 0 N–H and O–H groups in total. The standard InChI is InChI=1S/C51H98O6/c1-4-7-10-13-16-19-22-23-24-25-26-27-30-32-35-38-41-44-50(53)56-47-48(57-51(54)45-42-39-36-33-29-21-18-15-12-9-6-3)46-55-49(52)43-40-37-34-31-28-20-17-14-11-8-5-2/h48H,4-47H2,1-3H3. The lowest BCUT2D eigenvalue weighted by Crippen LogP contribution is -2.30. The van der Waals surface area contributed by atoms with Gasteiger partial charge >= 0.3 is 17.9 Å². The third-order valence-corrected chi connectivity index (χ3v) is 11.6. The monoisotopic (exact) mass is 807 g/mol. The van der Waals surface area contributed by atoms with Crippen molar-refractivity contribution in [2.24, 2.45) is 0 Å². The number of esters is 3. The lowest BCUT2D eigenvalue weighted by Gasteiger charge is -2.18. The Labute approximate surface area is 355 Å². The summed E-state index contributed by atoms with van der Waals surface area (Å²) in [5.41, 5.74) is 0. The maximum atomic E-state index is 12.7. The maximum Gasteiger partial charge on any atom is 0.306 e. The van der Waals surface area contributed by atoms with Crippen LogP contribution in [0.4, 0.5) is 0 Å². The molecule has 0 aliphatic rings. The molecule has 0 aromatic heterocycles. The van der Waals surface area contributed by atoms with Gasteiger partial charge in [0.2, 0.25) is 0 Å². The van der Waals surface area contributed by atoms with Crippen molar-refractivity contribution in [3.05, 3.63) is 0 Å². The summed E-state index contributed by atoms with van der Waals surface area (Å²) in [6.45, 7) is 6.66. The van der Waals surface area contributed by atoms with Crippen LogP contribution in [0.5, 0.6) is 0 Å². The van der Waals surface area contributed by atoms with Gasteiger partial charge in [-0.3, -0.25) is 14.4 Å². The van der Waals surface area contributed by atoms with Crippen molar-refractivity contribution >= 4 is 17.9 Å². The first kappa shape index (κ1) is 55.4. The van der Waals surface area contributed by atoms with Gasteiger partial charge in [-0.15, -0.1) is 0 Å². The second kappa shape index (κ2) is 47.1. The lowest BCUT2D eigenvalue weighted by atomic mass is 10.0. The Morgan fingerprint density at radius 3 is 0.702 bits per heavy atom. The van der Waals surface area contributed by atoms with Crippen LogP contribution in [0.2, 0.25) is 0 Å². The van der Waals surface area contributed by atoms with Crippen molar-refractivity contribution in [1.29, 1.82) is 0 Å². The van der Waals surface area contributed by atoms with Crippen molar-refractivity contribution < 1.29 is 28.6 Å². The minimum atomic E-state index is -0.758. The van der Waals surface area contributed by atoms with Crippen LogP contribution in [-0.4, -0.2) is 37.2 Å². The fourth-order valence-corrected chi connectivity index (χ4v) is 7.74. The predicted octanol–water partition coefficient (Wildman–Crippen LogP) is 16.4. The molecular weight excluding hydrogens is 709 g/mol. The molecule has 0 spiro atoms. The average Bonchev–Trinajstić information content (AvgIpc) is 3.21. The van der Waals surface area contributed by atoms with Crippen molar-refractivity contribution in [3.8, 4) is 0 Å². The first-order chi connectivity index (χ1) is 28.0. The van der Waals surface area contributed by atoms with Crippen LogP contribution in [0.1, 0.15) is 290 Å². The third kappa shape index (κ3) is 45.3. The first-order valence-electron chi connectivity index (χ1n) is 25.5. The van der Waals surface area contributed by atoms with Crippen LogP contribution in [0.15, 0.2) is 0 Å². The zero-order chi connectivity index (χ0) is 41.5. The molecular formula is C51H98O6. The molecule has 0 bridgehead atoms. The molecule has 0 fully saturated rings. The van der Waals surface area contributed by atoms with Gasteiger partial charge in [0, 0.05) is 19.3 Å². The van der Waals surface area contributed by atoms with Crippen molar-refractivity contribution in [1.82, 2.24) is 0 Å². The highest BCUT2D eigenvalue weighted by molar-refractivity contribution is 5.71. The summed E-state index contributed by atoms with van der Waals surface area (Å²) in [7, 11) is 0. The van der Waals surface area contributed by atoms with E-state index in [1.165, 1.54) is 193 Å². The Morgan fingerprint density at radius 2 is 0.474 bits per heavy atom. The van der Waals surface area contributed by atoms with Gasteiger partial charge in [-0.25, -0.2) is 0 Å². The predicted molar refractivity (Wildman–Crippen MR) is 243 cm³/mol. The highest BCUT2D eigenvalue weighted by Gasteiger charge is 2.19. The molecule has 0 aromatic carbocycles. The van der Waals surface area contributed by atoms with E-state index in [1.807, 2.05) is 0 Å². The van der Waals surface area contributed by atoms with E-state index in [-0.39, 0.29) is 31.1 Å². The average molecular weight is 807 g/mol. The molecule has 0 aliphatic heterocycles. The minimum Gasteiger partial charge on any atom is -0.462 e. The van der Waals surface area contributed by atoms with Crippen molar-refractivity contribution in [3.63, 3.8) is 0 Å². The molecule has 0 amide bonds. The highest BCUT2D eigenvalue weighted by Crippen LogP contribution is 2.17. The molecule has 338 valence electrons. The van der Waals surface area contributed by atoms with Crippen LogP contribution < -0.4 is 0 Å². The molecule has 1 atom stereocenters. The van der Waals surface area contributed by atoms with Crippen LogP contribution >= 0.6 is 0 Å². The van der Waals surface area contributed by atoms with Gasteiger partial charge in [0.05, 0.1) is 0 Å². The zero-order valence-electron chi connectivity index (χ0n) is 38.6. The molecule has 0 rings (SSSR count). The second-order valence-electron chi connectivity index (χ2n) is 17.5. The largest absolute Gasteiger partial charge is 0.462 e. The fraction of sp³-hybridized carbons (Fsp3) is 0.941. The molecule has 0 saturated carbocycles. The van der Waals surface area contributed by atoms with Gasteiger partial charge in [0.25, 0.3) is 0 Å². The summed E-state index contributed by atoms with van der Waals surface area (Å²) in [6, 6.07) is 0. The quantitative estimate of drug-likeness (QED) is 0.0346. The summed E-state index contributed by atoms with van der Waals surface area (Å²) in [5, 5.41) is 0. The third-order valence-electron chi connectivity index (χ3n) is 11.6. The minimum absolute atomic E-state index is 0.0620. The molecule has 1 unspecified atom stereocenters. The van der Waals surface area contributed by atoms with E-state index in [0.29, 0.717) is 19.3 Å². The van der Waals surface area contributed by atoms with E-state index in [4.69, 9.17) is 14.2 Å². The number of carbonyl (C=O) groups is 3. The lowest BCUT2D eigenvalue weighted by molar-refractivity contribution is -0.167. The SMILES string of the molecule is CCCCCCCCCCCCCCCCCCCC(=O)OCC(COC(=O)CCCCCCCCCCCCC)OC(=O)CCCCCCCCCCCCC. The van der Waals surface area contributed by atoms with Crippen LogP contribution in [0.3, 0.4) is 0 Å². The molecule has 0 aromatic rings. The maximum absolute atomic E-state index is 12.7. The molecule has 0 saturated heterocycles. The molecule has 0 heterocycles. The van der Waals surface area contributed by atoms with Gasteiger partial charge in [0.1, 0.15) is 13.2 Å². The summed E-state index contributed by atoms with van der Waals surface area (Å²) in [6.07, 6.45) is 49.4. The van der Waals surface area contributed by atoms with Gasteiger partial charge in [-0.2, -0.15) is 0 Å². The zero-order valence-corrected chi connectivity index (χ0v) is 38.6. The number of unbranched alkanes of at least 4 members (excludes halogenated alkanes) is 36. The molecule has 57 heavy (non-hydrogen) atoms. The number of hydrogen-bond acceptors (Lipinski definition) is 6. The van der Waals surface area contributed by atoms with Crippen molar-refractivity contribution in [2.45, 2.75) is 297 Å². The Hall–Kier alpha value is -1.59. The van der Waals surface area contributed by atoms with Crippen molar-refractivity contribution in [2.75, 3.05) is 13.2 Å². The van der Waals surface area contributed by atoms with E-state index >= 15 is 0 Å².